The first kappa shape index (κ1) is 18.9. The van der Waals surface area contributed by atoms with Crippen molar-refractivity contribution in [2.24, 2.45) is 0 Å². The number of allylic oxidation sites excluding steroid dienone is 1. The summed E-state index contributed by atoms with van der Waals surface area (Å²) in [6, 6.07) is 4.61. The normalized spacial score (nSPS) is 13.7. The van der Waals surface area contributed by atoms with Gasteiger partial charge in [-0.05, 0) is 26.0 Å². The van der Waals surface area contributed by atoms with E-state index in [1.807, 2.05) is 6.92 Å². The molecule has 1 aromatic rings. The van der Waals surface area contributed by atoms with E-state index >= 15 is 0 Å². The first-order chi connectivity index (χ1) is 10.2. The average Bonchev–Trinajstić information content (AvgIpc) is 2.47. The van der Waals surface area contributed by atoms with Crippen LogP contribution < -0.4 is 4.74 Å². The Kier molecular flexibility index (Phi) is 7.78. The number of nitrogens with zero attached hydrogens (tertiary/aromatic N) is 1. The Morgan fingerprint density at radius 1 is 1.45 bits per heavy atom. The van der Waals surface area contributed by atoms with Crippen LogP contribution in [0.5, 0.6) is 5.75 Å². The van der Waals surface area contributed by atoms with Gasteiger partial charge in [0.1, 0.15) is 12.4 Å². The summed E-state index contributed by atoms with van der Waals surface area (Å²) in [6.45, 7) is 4.31. The number of benzene rings is 1. The third-order valence-electron chi connectivity index (χ3n) is 3.20. The molecule has 0 saturated heterocycles. The Morgan fingerprint density at radius 3 is 2.86 bits per heavy atom. The number of halogens is 1. The average molecular weight is 375 g/mol. The fourth-order valence-electron chi connectivity index (χ4n) is 2.19. The molecule has 1 heterocycles. The van der Waals surface area contributed by atoms with Crippen molar-refractivity contribution in [2.45, 2.75) is 26.7 Å². The van der Waals surface area contributed by atoms with Crippen molar-refractivity contribution >= 4 is 11.6 Å². The van der Waals surface area contributed by atoms with Gasteiger partial charge in [0.25, 0.3) is 0 Å². The SMILES string of the molecule is CC#CCOc1ccc(C2=[C-]CCC(=O)N2CC)c(F)c1.[Y]. The third-order valence-corrected chi connectivity index (χ3v) is 3.20. The minimum Gasteiger partial charge on any atom is -0.481 e. The number of ether oxygens (including phenoxy) is 1. The molecule has 3 nitrogen and oxygen atoms in total. The summed E-state index contributed by atoms with van der Waals surface area (Å²) < 4.78 is 19.6. The molecule has 1 aromatic carbocycles. The van der Waals surface area contributed by atoms with Gasteiger partial charge in [-0.1, -0.05) is 5.92 Å². The van der Waals surface area contributed by atoms with Crippen molar-refractivity contribution in [2.75, 3.05) is 13.2 Å². The van der Waals surface area contributed by atoms with Crippen molar-refractivity contribution in [1.29, 1.82) is 0 Å². The van der Waals surface area contributed by atoms with Gasteiger partial charge in [-0.15, -0.1) is 29.7 Å². The van der Waals surface area contributed by atoms with Crippen molar-refractivity contribution in [3.63, 3.8) is 0 Å². The van der Waals surface area contributed by atoms with E-state index in [4.69, 9.17) is 4.74 Å². The van der Waals surface area contributed by atoms with E-state index in [0.717, 1.165) is 0 Å². The van der Waals surface area contributed by atoms with Gasteiger partial charge in [0.05, 0.1) is 5.82 Å². The maximum Gasteiger partial charge on any atom is 0.223 e. The van der Waals surface area contributed by atoms with Crippen LogP contribution in [0.3, 0.4) is 0 Å². The number of carbonyl (C=O) groups excluding carboxylic acids is 1. The van der Waals surface area contributed by atoms with Gasteiger partial charge >= 0.3 is 0 Å². The predicted molar refractivity (Wildman–Crippen MR) is 78.6 cm³/mol. The van der Waals surface area contributed by atoms with Crippen LogP contribution in [0.15, 0.2) is 18.2 Å². The molecular formula is C17H17FNO2Y-. The molecule has 0 unspecified atom stereocenters. The molecule has 0 spiro atoms. The second-order valence-electron chi connectivity index (χ2n) is 4.52. The summed E-state index contributed by atoms with van der Waals surface area (Å²) >= 11 is 0. The fourth-order valence-corrected chi connectivity index (χ4v) is 2.19. The number of hydrogen-bond acceptors (Lipinski definition) is 2. The first-order valence-corrected chi connectivity index (χ1v) is 6.91. The molecule has 0 aliphatic carbocycles. The van der Waals surface area contributed by atoms with Gasteiger partial charge in [-0.2, -0.15) is 0 Å². The molecule has 0 atom stereocenters. The van der Waals surface area contributed by atoms with Gasteiger partial charge in [-0.25, -0.2) is 10.5 Å². The second-order valence-corrected chi connectivity index (χ2v) is 4.52. The molecule has 0 fully saturated rings. The van der Waals surface area contributed by atoms with Crippen LogP contribution in [-0.4, -0.2) is 24.0 Å². The largest absolute Gasteiger partial charge is 0.481 e. The van der Waals surface area contributed by atoms with E-state index in [1.165, 1.54) is 6.07 Å². The van der Waals surface area contributed by atoms with Crippen LogP contribution in [0, 0.1) is 23.7 Å². The first-order valence-electron chi connectivity index (χ1n) is 6.91. The summed E-state index contributed by atoms with van der Waals surface area (Å²) in [4.78, 5) is 13.4. The van der Waals surface area contributed by atoms with E-state index in [9.17, 15) is 9.18 Å². The number of carbonyl (C=O) groups is 1. The van der Waals surface area contributed by atoms with E-state index in [2.05, 4.69) is 17.9 Å². The van der Waals surface area contributed by atoms with Gasteiger partial charge in [0.15, 0.2) is 0 Å². The molecule has 113 valence electrons. The van der Waals surface area contributed by atoms with E-state index in [-0.39, 0.29) is 45.2 Å². The van der Waals surface area contributed by atoms with Crippen LogP contribution in [0.2, 0.25) is 0 Å². The number of hydrogen-bond donors (Lipinski definition) is 0. The molecule has 1 aliphatic heterocycles. The Balaban J connectivity index is 0.00000242. The Hall–Kier alpha value is -1.18. The maximum atomic E-state index is 14.3. The Morgan fingerprint density at radius 2 is 2.23 bits per heavy atom. The van der Waals surface area contributed by atoms with Gasteiger partial charge in [0.2, 0.25) is 5.91 Å². The zero-order valence-electron chi connectivity index (χ0n) is 12.8. The molecule has 1 aliphatic rings. The zero-order chi connectivity index (χ0) is 15.2. The monoisotopic (exact) mass is 375 g/mol. The fraction of sp³-hybridized carbons (Fsp3) is 0.353. The van der Waals surface area contributed by atoms with Crippen LogP contribution in [0.25, 0.3) is 5.70 Å². The smallest absolute Gasteiger partial charge is 0.223 e. The van der Waals surface area contributed by atoms with Crippen LogP contribution >= 0.6 is 0 Å². The van der Waals surface area contributed by atoms with E-state index in [0.29, 0.717) is 36.4 Å². The Bertz CT molecular complexity index is 631. The van der Waals surface area contributed by atoms with Crippen molar-refractivity contribution < 1.29 is 46.6 Å². The minimum absolute atomic E-state index is 0. The third kappa shape index (κ3) is 4.41. The van der Waals surface area contributed by atoms with E-state index < -0.39 is 5.82 Å². The minimum atomic E-state index is -0.424. The molecule has 0 N–H and O–H groups in total. The molecule has 0 saturated carbocycles. The van der Waals surface area contributed by atoms with Crippen LogP contribution in [0.4, 0.5) is 4.39 Å². The second kappa shape index (κ2) is 9.07. The number of amides is 1. The quantitative estimate of drug-likeness (QED) is 0.598. The number of rotatable bonds is 4. The molecule has 0 aromatic heterocycles. The van der Waals surface area contributed by atoms with Crippen molar-refractivity contribution in [1.82, 2.24) is 4.90 Å². The molecule has 1 amide bonds. The topological polar surface area (TPSA) is 29.5 Å². The molecule has 0 bridgehead atoms. The predicted octanol–water partition coefficient (Wildman–Crippen LogP) is 3.01. The van der Waals surface area contributed by atoms with Gasteiger partial charge in [-0.3, -0.25) is 4.79 Å². The van der Waals surface area contributed by atoms with Crippen LogP contribution in [0.1, 0.15) is 32.3 Å². The molecule has 5 heteroatoms. The zero-order valence-corrected chi connectivity index (χ0v) is 15.6. The van der Waals surface area contributed by atoms with Gasteiger partial charge < -0.3 is 9.64 Å². The molecule has 22 heavy (non-hydrogen) atoms. The Labute approximate surface area is 155 Å². The molecular weight excluding hydrogens is 358 g/mol. The summed E-state index contributed by atoms with van der Waals surface area (Å²) in [5.41, 5.74) is 0.893. The standard InChI is InChI=1S/C17H17FNO2.Y/c1-3-5-11-21-13-9-10-14(15(18)12-13)16-7-6-8-17(20)19(16)4-2;/h9-10,12H,4,6,8,11H2,1-2H3;/q-1;. The summed E-state index contributed by atoms with van der Waals surface area (Å²) in [5.74, 6) is 5.46. The van der Waals surface area contributed by atoms with Crippen molar-refractivity contribution in [3.8, 4) is 17.6 Å². The van der Waals surface area contributed by atoms with E-state index in [1.54, 1.807) is 24.0 Å². The van der Waals surface area contributed by atoms with Gasteiger partial charge in [0, 0.05) is 45.7 Å². The summed E-state index contributed by atoms with van der Waals surface area (Å²) in [5, 5.41) is 0. The van der Waals surface area contributed by atoms with Crippen LogP contribution in [-0.2, 0) is 37.5 Å². The maximum absolute atomic E-state index is 14.3. The molecule has 1 radical (unpaired) electrons. The summed E-state index contributed by atoms with van der Waals surface area (Å²) in [7, 11) is 0. The van der Waals surface area contributed by atoms with Crippen molar-refractivity contribution in [3.05, 3.63) is 35.7 Å². The summed E-state index contributed by atoms with van der Waals surface area (Å²) in [6.07, 6.45) is 4.05. The molecule has 2 rings (SSSR count).